The molecule has 0 saturated heterocycles. The monoisotopic (exact) mass is 402 g/mol. The molecule has 146 valence electrons. The van der Waals surface area contributed by atoms with Gasteiger partial charge in [0.2, 0.25) is 0 Å². The van der Waals surface area contributed by atoms with Crippen LogP contribution < -0.4 is 0 Å². The smallest absolute Gasteiger partial charge is 0.189 e. The van der Waals surface area contributed by atoms with Gasteiger partial charge in [0.1, 0.15) is 5.69 Å². The Labute approximate surface area is 173 Å². The highest BCUT2D eigenvalue weighted by Gasteiger charge is 2.12. The lowest BCUT2D eigenvalue weighted by Crippen LogP contribution is -2.00. The van der Waals surface area contributed by atoms with E-state index < -0.39 is 0 Å². The number of ketones is 1. The van der Waals surface area contributed by atoms with Gasteiger partial charge in [-0.2, -0.15) is 10.2 Å². The SMILES string of the molecule is CC(C)n1cc(C(=O)C=Cc2cn(Cc3ccccc3)nc2-c2cccs2)cn1. The quantitative estimate of drug-likeness (QED) is 0.310. The van der Waals surface area contributed by atoms with Crippen LogP contribution >= 0.6 is 11.3 Å². The molecular formula is C23H22N4OS. The number of nitrogens with zero attached hydrogens (tertiary/aromatic N) is 4. The highest BCUT2D eigenvalue weighted by atomic mass is 32.1. The molecule has 0 amide bonds. The van der Waals surface area contributed by atoms with E-state index in [2.05, 4.69) is 17.2 Å². The number of hydrogen-bond acceptors (Lipinski definition) is 4. The van der Waals surface area contributed by atoms with Crippen molar-refractivity contribution in [1.29, 1.82) is 0 Å². The summed E-state index contributed by atoms with van der Waals surface area (Å²) in [5, 5.41) is 11.1. The first-order valence-corrected chi connectivity index (χ1v) is 10.4. The van der Waals surface area contributed by atoms with Crippen LogP contribution in [-0.4, -0.2) is 25.3 Å². The molecule has 0 spiro atoms. The van der Waals surface area contributed by atoms with E-state index in [1.807, 2.05) is 66.5 Å². The number of carbonyl (C=O) groups is 1. The van der Waals surface area contributed by atoms with Gasteiger partial charge in [-0.1, -0.05) is 36.4 Å². The van der Waals surface area contributed by atoms with Crippen LogP contribution in [0.3, 0.4) is 0 Å². The van der Waals surface area contributed by atoms with Gasteiger partial charge in [-0.15, -0.1) is 11.3 Å². The predicted octanol–water partition coefficient (Wildman–Crippen LogP) is 5.33. The van der Waals surface area contributed by atoms with Crippen molar-refractivity contribution in [3.8, 4) is 10.6 Å². The average molecular weight is 403 g/mol. The molecule has 0 radical (unpaired) electrons. The van der Waals surface area contributed by atoms with Crippen molar-refractivity contribution in [3.05, 3.63) is 89.2 Å². The summed E-state index contributed by atoms with van der Waals surface area (Å²) in [6, 6.07) is 14.5. The standard InChI is InChI=1S/C23H22N4OS/c1-17(2)27-16-20(13-24-27)21(28)11-10-19-15-26(14-18-7-4-3-5-8-18)25-23(19)22-9-6-12-29-22/h3-13,15-17H,14H2,1-2H3. The van der Waals surface area contributed by atoms with Gasteiger partial charge < -0.3 is 0 Å². The minimum atomic E-state index is -0.0650. The van der Waals surface area contributed by atoms with Crippen molar-refractivity contribution in [2.45, 2.75) is 26.4 Å². The van der Waals surface area contributed by atoms with E-state index in [4.69, 9.17) is 5.10 Å². The van der Waals surface area contributed by atoms with Crippen LogP contribution in [0.4, 0.5) is 0 Å². The van der Waals surface area contributed by atoms with Gasteiger partial charge in [-0.25, -0.2) is 0 Å². The highest BCUT2D eigenvalue weighted by Crippen LogP contribution is 2.28. The van der Waals surface area contributed by atoms with E-state index in [0.717, 1.165) is 16.1 Å². The maximum atomic E-state index is 12.6. The number of allylic oxidation sites excluding steroid dienone is 1. The van der Waals surface area contributed by atoms with Crippen molar-refractivity contribution in [3.63, 3.8) is 0 Å². The minimum absolute atomic E-state index is 0.0650. The van der Waals surface area contributed by atoms with Crippen LogP contribution in [0.1, 0.15) is 41.4 Å². The van der Waals surface area contributed by atoms with Crippen LogP contribution in [0.2, 0.25) is 0 Å². The van der Waals surface area contributed by atoms with Gasteiger partial charge in [0.25, 0.3) is 0 Å². The maximum Gasteiger partial charge on any atom is 0.189 e. The molecule has 3 heterocycles. The maximum absolute atomic E-state index is 12.6. The topological polar surface area (TPSA) is 52.7 Å². The number of rotatable bonds is 7. The molecule has 5 nitrogen and oxygen atoms in total. The highest BCUT2D eigenvalue weighted by molar-refractivity contribution is 7.13. The number of carbonyl (C=O) groups excluding carboxylic acids is 1. The van der Waals surface area contributed by atoms with Crippen LogP contribution in [0, 0.1) is 0 Å². The summed E-state index contributed by atoms with van der Waals surface area (Å²) >= 11 is 1.64. The lowest BCUT2D eigenvalue weighted by atomic mass is 10.1. The molecule has 0 aliphatic heterocycles. The Morgan fingerprint density at radius 2 is 1.97 bits per heavy atom. The summed E-state index contributed by atoms with van der Waals surface area (Å²) in [5.74, 6) is -0.0650. The van der Waals surface area contributed by atoms with Crippen molar-refractivity contribution >= 4 is 23.2 Å². The summed E-state index contributed by atoms with van der Waals surface area (Å²) in [7, 11) is 0. The first-order chi connectivity index (χ1) is 14.1. The molecule has 0 bridgehead atoms. The van der Waals surface area contributed by atoms with E-state index in [9.17, 15) is 4.79 Å². The molecule has 29 heavy (non-hydrogen) atoms. The van der Waals surface area contributed by atoms with Crippen molar-refractivity contribution < 1.29 is 4.79 Å². The van der Waals surface area contributed by atoms with Gasteiger partial charge in [0.15, 0.2) is 5.78 Å². The number of hydrogen-bond donors (Lipinski definition) is 0. The zero-order valence-corrected chi connectivity index (χ0v) is 17.2. The van der Waals surface area contributed by atoms with Crippen LogP contribution in [0.15, 0.2) is 72.5 Å². The molecule has 0 saturated carbocycles. The first-order valence-electron chi connectivity index (χ1n) is 9.52. The molecule has 1 aromatic carbocycles. The zero-order valence-electron chi connectivity index (χ0n) is 16.4. The summed E-state index contributed by atoms with van der Waals surface area (Å²) < 4.78 is 3.71. The van der Waals surface area contributed by atoms with E-state index in [-0.39, 0.29) is 11.8 Å². The molecule has 4 rings (SSSR count). The van der Waals surface area contributed by atoms with Crippen molar-refractivity contribution in [2.75, 3.05) is 0 Å². The molecule has 0 N–H and O–H groups in total. The van der Waals surface area contributed by atoms with Gasteiger partial charge in [0, 0.05) is 24.0 Å². The summed E-state index contributed by atoms with van der Waals surface area (Å²) in [4.78, 5) is 13.7. The molecule has 3 aromatic heterocycles. The third kappa shape index (κ3) is 4.43. The van der Waals surface area contributed by atoms with E-state index in [1.165, 1.54) is 5.56 Å². The number of thiophene rings is 1. The Hall–Kier alpha value is -3.25. The Kier molecular flexibility index (Phi) is 5.53. The fourth-order valence-electron chi connectivity index (χ4n) is 3.02. The molecule has 0 aliphatic rings. The van der Waals surface area contributed by atoms with Crippen LogP contribution in [0.25, 0.3) is 16.6 Å². The first kappa shape index (κ1) is 19.1. The average Bonchev–Trinajstić information content (AvgIpc) is 3.47. The largest absolute Gasteiger partial charge is 0.289 e. The fraction of sp³-hybridized carbons (Fsp3) is 0.174. The van der Waals surface area contributed by atoms with Gasteiger partial charge in [-0.3, -0.25) is 14.2 Å². The van der Waals surface area contributed by atoms with Crippen molar-refractivity contribution in [1.82, 2.24) is 19.6 Å². The summed E-state index contributed by atoms with van der Waals surface area (Å²) in [6.07, 6.45) is 8.84. The molecule has 6 heteroatoms. The summed E-state index contributed by atoms with van der Waals surface area (Å²) in [5.41, 5.74) is 3.58. The normalized spacial score (nSPS) is 11.6. The molecule has 0 atom stereocenters. The number of aromatic nitrogens is 4. The second-order valence-electron chi connectivity index (χ2n) is 7.09. The van der Waals surface area contributed by atoms with Crippen LogP contribution in [0.5, 0.6) is 0 Å². The molecule has 0 aliphatic carbocycles. The molecule has 0 unspecified atom stereocenters. The van der Waals surface area contributed by atoms with Crippen LogP contribution in [-0.2, 0) is 6.54 Å². The Morgan fingerprint density at radius 3 is 2.66 bits per heavy atom. The minimum Gasteiger partial charge on any atom is -0.289 e. The second kappa shape index (κ2) is 8.41. The third-order valence-electron chi connectivity index (χ3n) is 4.56. The van der Waals surface area contributed by atoms with E-state index in [1.54, 1.807) is 34.5 Å². The summed E-state index contributed by atoms with van der Waals surface area (Å²) in [6.45, 7) is 4.75. The van der Waals surface area contributed by atoms with Gasteiger partial charge in [0.05, 0.1) is 23.2 Å². The fourth-order valence-corrected chi connectivity index (χ4v) is 3.76. The van der Waals surface area contributed by atoms with Gasteiger partial charge >= 0.3 is 0 Å². The molecule has 4 aromatic rings. The Morgan fingerprint density at radius 1 is 1.14 bits per heavy atom. The molecular weight excluding hydrogens is 380 g/mol. The van der Waals surface area contributed by atoms with Gasteiger partial charge in [-0.05, 0) is 43.0 Å². The second-order valence-corrected chi connectivity index (χ2v) is 8.04. The third-order valence-corrected chi connectivity index (χ3v) is 5.44. The Bertz CT molecular complexity index is 1120. The number of benzene rings is 1. The lowest BCUT2D eigenvalue weighted by Gasteiger charge is -2.02. The lowest BCUT2D eigenvalue weighted by molar-refractivity contribution is 0.104. The van der Waals surface area contributed by atoms with Crippen molar-refractivity contribution in [2.24, 2.45) is 0 Å². The molecule has 0 fully saturated rings. The van der Waals surface area contributed by atoms with E-state index in [0.29, 0.717) is 12.1 Å². The van der Waals surface area contributed by atoms with E-state index >= 15 is 0 Å². The Balaban J connectivity index is 1.61. The predicted molar refractivity (Wildman–Crippen MR) is 117 cm³/mol. The zero-order chi connectivity index (χ0) is 20.2.